The maximum absolute atomic E-state index is 11.9. The van der Waals surface area contributed by atoms with Crippen molar-refractivity contribution in [1.29, 1.82) is 5.26 Å². The largest absolute Gasteiger partial charge is 0.326 e. The van der Waals surface area contributed by atoms with Crippen LogP contribution in [0.25, 0.3) is 0 Å². The second-order valence-electron chi connectivity index (χ2n) is 5.08. The molecule has 0 aliphatic carbocycles. The zero-order valence-corrected chi connectivity index (χ0v) is 11.7. The van der Waals surface area contributed by atoms with Crippen molar-refractivity contribution in [3.63, 3.8) is 0 Å². The summed E-state index contributed by atoms with van der Waals surface area (Å²) in [5.41, 5.74) is 1.33. The molecule has 20 heavy (non-hydrogen) atoms. The van der Waals surface area contributed by atoms with Gasteiger partial charge in [-0.05, 0) is 31.2 Å². The van der Waals surface area contributed by atoms with Crippen molar-refractivity contribution in [1.82, 2.24) is 10.2 Å². The molecule has 1 atom stereocenters. The number of carbonyl (C=O) groups is 1. The monoisotopic (exact) mass is 272 g/mol. The normalized spacial score (nSPS) is 19.3. The highest BCUT2D eigenvalue weighted by Crippen LogP contribution is 2.10. The van der Waals surface area contributed by atoms with Gasteiger partial charge in [-0.15, -0.1) is 0 Å². The molecule has 0 saturated carbocycles. The molecule has 0 unspecified atom stereocenters. The van der Waals surface area contributed by atoms with Gasteiger partial charge in [-0.3, -0.25) is 9.69 Å². The molecule has 1 amide bonds. The van der Waals surface area contributed by atoms with Gasteiger partial charge in [-0.2, -0.15) is 5.26 Å². The predicted molar refractivity (Wildman–Crippen MR) is 78.3 cm³/mol. The minimum atomic E-state index is 0.0143. The van der Waals surface area contributed by atoms with Crippen molar-refractivity contribution in [3.8, 4) is 6.07 Å². The molecule has 0 aromatic heterocycles. The van der Waals surface area contributed by atoms with Gasteiger partial charge >= 0.3 is 0 Å². The van der Waals surface area contributed by atoms with Crippen LogP contribution in [0.15, 0.2) is 24.3 Å². The highest BCUT2D eigenvalue weighted by atomic mass is 16.1. The van der Waals surface area contributed by atoms with Crippen LogP contribution in [0.2, 0.25) is 0 Å². The van der Waals surface area contributed by atoms with Gasteiger partial charge in [0.25, 0.3) is 0 Å². The lowest BCUT2D eigenvalue weighted by Crippen LogP contribution is -2.50. The summed E-state index contributed by atoms with van der Waals surface area (Å²) in [5, 5.41) is 14.9. The summed E-state index contributed by atoms with van der Waals surface area (Å²) in [6, 6.07) is 9.45. The lowest BCUT2D eigenvalue weighted by atomic mass is 10.2. The van der Waals surface area contributed by atoms with Crippen LogP contribution in [0.3, 0.4) is 0 Å². The Morgan fingerprint density at radius 1 is 1.50 bits per heavy atom. The summed E-state index contributed by atoms with van der Waals surface area (Å²) in [4.78, 5) is 14.2. The summed E-state index contributed by atoms with van der Waals surface area (Å²) in [6.07, 6.45) is 0.490. The first-order valence-corrected chi connectivity index (χ1v) is 6.94. The fourth-order valence-corrected chi connectivity index (χ4v) is 2.31. The molecule has 2 N–H and O–H groups in total. The first-order valence-electron chi connectivity index (χ1n) is 6.94. The SMILES string of the molecule is C[C@@H]1CNCCN1CCC(=O)Nc1ccc(C#N)cc1. The van der Waals surface area contributed by atoms with E-state index in [0.29, 0.717) is 18.0 Å². The number of amides is 1. The van der Waals surface area contributed by atoms with E-state index in [9.17, 15) is 4.79 Å². The van der Waals surface area contributed by atoms with Crippen molar-refractivity contribution in [2.24, 2.45) is 0 Å². The van der Waals surface area contributed by atoms with Gasteiger partial charge < -0.3 is 10.6 Å². The Hall–Kier alpha value is -1.90. The standard InChI is InChI=1S/C15H20N4O/c1-12-11-17-7-9-19(12)8-6-15(20)18-14-4-2-13(10-16)3-5-14/h2-5,12,17H,6-9,11H2,1H3,(H,18,20)/t12-/m1/s1. The van der Waals surface area contributed by atoms with Crippen LogP contribution >= 0.6 is 0 Å². The molecule has 106 valence electrons. The number of rotatable bonds is 4. The average Bonchev–Trinajstić information content (AvgIpc) is 2.47. The number of piperazine rings is 1. The Morgan fingerprint density at radius 3 is 2.90 bits per heavy atom. The van der Waals surface area contributed by atoms with E-state index in [4.69, 9.17) is 5.26 Å². The second-order valence-corrected chi connectivity index (χ2v) is 5.08. The predicted octanol–water partition coefficient (Wildman–Crippen LogP) is 1.18. The topological polar surface area (TPSA) is 68.2 Å². The molecule has 1 aliphatic heterocycles. The Labute approximate surface area is 119 Å². The molecular formula is C15H20N4O. The van der Waals surface area contributed by atoms with Crippen LogP contribution in [0.5, 0.6) is 0 Å². The molecule has 1 saturated heterocycles. The minimum Gasteiger partial charge on any atom is -0.326 e. The van der Waals surface area contributed by atoms with Gasteiger partial charge in [0.1, 0.15) is 0 Å². The van der Waals surface area contributed by atoms with Crippen LogP contribution in [-0.2, 0) is 4.79 Å². The van der Waals surface area contributed by atoms with E-state index in [1.54, 1.807) is 24.3 Å². The molecule has 1 aliphatic rings. The van der Waals surface area contributed by atoms with E-state index >= 15 is 0 Å². The van der Waals surface area contributed by atoms with Gasteiger partial charge in [0, 0.05) is 44.3 Å². The van der Waals surface area contributed by atoms with Gasteiger partial charge in [-0.25, -0.2) is 0 Å². The van der Waals surface area contributed by atoms with E-state index < -0.39 is 0 Å². The minimum absolute atomic E-state index is 0.0143. The Bertz CT molecular complexity index is 492. The van der Waals surface area contributed by atoms with Crippen LogP contribution in [0, 0.1) is 11.3 Å². The van der Waals surface area contributed by atoms with Crippen molar-refractivity contribution >= 4 is 11.6 Å². The zero-order chi connectivity index (χ0) is 14.4. The third kappa shape index (κ3) is 4.05. The number of hydrogen-bond donors (Lipinski definition) is 2. The lowest BCUT2D eigenvalue weighted by molar-refractivity contribution is -0.116. The van der Waals surface area contributed by atoms with Gasteiger partial charge in [-0.1, -0.05) is 0 Å². The van der Waals surface area contributed by atoms with Gasteiger partial charge in [0.05, 0.1) is 11.6 Å². The third-order valence-corrected chi connectivity index (χ3v) is 3.56. The van der Waals surface area contributed by atoms with E-state index in [1.807, 2.05) is 0 Å². The lowest BCUT2D eigenvalue weighted by Gasteiger charge is -2.33. The number of hydrogen-bond acceptors (Lipinski definition) is 4. The third-order valence-electron chi connectivity index (χ3n) is 3.56. The maximum Gasteiger partial charge on any atom is 0.225 e. The molecule has 0 radical (unpaired) electrons. The number of benzene rings is 1. The van der Waals surface area contributed by atoms with E-state index in [1.165, 1.54) is 0 Å². The fraction of sp³-hybridized carbons (Fsp3) is 0.467. The zero-order valence-electron chi connectivity index (χ0n) is 11.7. The molecule has 0 spiro atoms. The Balaban J connectivity index is 1.78. The Kier molecular flexibility index (Phi) is 5.10. The second kappa shape index (κ2) is 7.04. The molecule has 5 heteroatoms. The molecular weight excluding hydrogens is 252 g/mol. The van der Waals surface area contributed by atoms with Crippen molar-refractivity contribution in [2.75, 3.05) is 31.5 Å². The van der Waals surface area contributed by atoms with E-state index in [2.05, 4.69) is 28.5 Å². The molecule has 5 nitrogen and oxygen atoms in total. The smallest absolute Gasteiger partial charge is 0.225 e. The average molecular weight is 272 g/mol. The summed E-state index contributed by atoms with van der Waals surface area (Å²) in [5.74, 6) is 0.0143. The van der Waals surface area contributed by atoms with Crippen LogP contribution in [-0.4, -0.2) is 43.0 Å². The highest BCUT2D eigenvalue weighted by molar-refractivity contribution is 5.90. The van der Waals surface area contributed by atoms with Crippen LogP contribution in [0.4, 0.5) is 5.69 Å². The maximum atomic E-state index is 11.9. The van der Waals surface area contributed by atoms with E-state index in [-0.39, 0.29) is 5.91 Å². The molecule has 1 fully saturated rings. The van der Waals surface area contributed by atoms with Gasteiger partial charge in [0.2, 0.25) is 5.91 Å². The first kappa shape index (κ1) is 14.5. The van der Waals surface area contributed by atoms with E-state index in [0.717, 1.165) is 31.9 Å². The van der Waals surface area contributed by atoms with Crippen molar-refractivity contribution in [3.05, 3.63) is 29.8 Å². The molecule has 0 bridgehead atoms. The first-order chi connectivity index (χ1) is 9.69. The summed E-state index contributed by atoms with van der Waals surface area (Å²) < 4.78 is 0. The summed E-state index contributed by atoms with van der Waals surface area (Å²) in [6.45, 7) is 5.92. The van der Waals surface area contributed by atoms with Crippen LogP contribution < -0.4 is 10.6 Å². The van der Waals surface area contributed by atoms with Crippen LogP contribution in [0.1, 0.15) is 18.9 Å². The van der Waals surface area contributed by atoms with Crippen molar-refractivity contribution < 1.29 is 4.79 Å². The Morgan fingerprint density at radius 2 is 2.25 bits per heavy atom. The molecule has 2 rings (SSSR count). The number of nitrogens with one attached hydrogen (secondary N) is 2. The fourth-order valence-electron chi connectivity index (χ4n) is 2.31. The summed E-state index contributed by atoms with van der Waals surface area (Å²) >= 11 is 0. The highest BCUT2D eigenvalue weighted by Gasteiger charge is 2.18. The van der Waals surface area contributed by atoms with Gasteiger partial charge in [0.15, 0.2) is 0 Å². The van der Waals surface area contributed by atoms with Crippen molar-refractivity contribution in [2.45, 2.75) is 19.4 Å². The summed E-state index contributed by atoms with van der Waals surface area (Å²) in [7, 11) is 0. The number of anilines is 1. The molecule has 1 heterocycles. The molecule has 1 aromatic carbocycles. The quantitative estimate of drug-likeness (QED) is 0.863. The molecule has 1 aromatic rings. The number of carbonyl (C=O) groups excluding carboxylic acids is 1. The number of nitrogens with zero attached hydrogens (tertiary/aromatic N) is 2. The number of nitriles is 1.